The number of β-amino-alcohol motifs (C(OH)–C–C–N with tert-alkyl or cyclic N) is 1. The first-order valence-corrected chi connectivity index (χ1v) is 7.05. The molecule has 1 amide bonds. The van der Waals surface area contributed by atoms with Gasteiger partial charge in [-0.15, -0.1) is 11.8 Å². The Morgan fingerprint density at radius 1 is 1.58 bits per heavy atom. The Bertz CT molecular complexity index is 520. The number of benzene rings is 1. The molecule has 0 saturated carbocycles. The van der Waals surface area contributed by atoms with Gasteiger partial charge in [-0.25, -0.2) is 0 Å². The van der Waals surface area contributed by atoms with Gasteiger partial charge >= 0.3 is 0 Å². The van der Waals surface area contributed by atoms with Gasteiger partial charge in [-0.05, 0) is 24.8 Å². The second-order valence-electron chi connectivity index (χ2n) is 4.33. The van der Waals surface area contributed by atoms with Crippen LogP contribution in [0.3, 0.4) is 0 Å². The van der Waals surface area contributed by atoms with Crippen molar-refractivity contribution in [2.24, 2.45) is 0 Å². The topological polar surface area (TPSA) is 83.7 Å². The average molecular weight is 282 g/mol. The van der Waals surface area contributed by atoms with Gasteiger partial charge in [0.1, 0.15) is 5.56 Å². The molecule has 1 aromatic carbocycles. The Morgan fingerprint density at radius 2 is 2.32 bits per heavy atom. The van der Waals surface area contributed by atoms with E-state index >= 15 is 0 Å². The number of aliphatic hydroxyl groups excluding tert-OH is 1. The maximum Gasteiger partial charge on any atom is 0.282 e. The standard InChI is InChI=1S/C12H14N2O4S/c1-19-9-2-3-11(14(17)18)10(6-9)12(16)13-5-4-8(15)7-13/h2-3,6,8,15H,4-5,7H2,1H3. The molecular formula is C12H14N2O4S. The lowest BCUT2D eigenvalue weighted by molar-refractivity contribution is -0.385. The van der Waals surface area contributed by atoms with Crippen molar-refractivity contribution in [2.45, 2.75) is 17.4 Å². The summed E-state index contributed by atoms with van der Waals surface area (Å²) in [7, 11) is 0. The van der Waals surface area contributed by atoms with Crippen LogP contribution in [0, 0.1) is 10.1 Å². The Hall–Kier alpha value is -1.60. The Labute approximate surface area is 114 Å². The quantitative estimate of drug-likeness (QED) is 0.516. The molecule has 0 aromatic heterocycles. The molecule has 1 N–H and O–H groups in total. The van der Waals surface area contributed by atoms with Crippen molar-refractivity contribution in [1.82, 2.24) is 4.90 Å². The summed E-state index contributed by atoms with van der Waals surface area (Å²) in [4.78, 5) is 25.0. The van der Waals surface area contributed by atoms with Crippen LogP contribution in [0.2, 0.25) is 0 Å². The van der Waals surface area contributed by atoms with Gasteiger partial charge in [-0.2, -0.15) is 0 Å². The molecule has 1 unspecified atom stereocenters. The van der Waals surface area contributed by atoms with E-state index in [1.807, 2.05) is 6.26 Å². The molecule has 0 aliphatic carbocycles. The average Bonchev–Trinajstić information content (AvgIpc) is 2.83. The van der Waals surface area contributed by atoms with Crippen molar-refractivity contribution in [3.8, 4) is 0 Å². The molecule has 1 heterocycles. The number of hydrogen-bond acceptors (Lipinski definition) is 5. The number of nitro groups is 1. The normalized spacial score (nSPS) is 18.6. The van der Waals surface area contributed by atoms with Gasteiger partial charge in [-0.1, -0.05) is 0 Å². The van der Waals surface area contributed by atoms with Crippen LogP contribution in [0.5, 0.6) is 0 Å². The first kappa shape index (κ1) is 13.8. The van der Waals surface area contributed by atoms with E-state index in [0.717, 1.165) is 4.90 Å². The minimum atomic E-state index is -0.552. The predicted molar refractivity (Wildman–Crippen MR) is 71.4 cm³/mol. The Morgan fingerprint density at radius 3 is 2.84 bits per heavy atom. The van der Waals surface area contributed by atoms with Crippen molar-refractivity contribution < 1.29 is 14.8 Å². The highest BCUT2D eigenvalue weighted by Gasteiger charge is 2.29. The molecule has 6 nitrogen and oxygen atoms in total. The van der Waals surface area contributed by atoms with Crippen LogP contribution < -0.4 is 0 Å². The number of rotatable bonds is 3. The number of carbonyl (C=O) groups is 1. The number of hydrogen-bond donors (Lipinski definition) is 1. The summed E-state index contributed by atoms with van der Waals surface area (Å²) in [6.45, 7) is 0.667. The largest absolute Gasteiger partial charge is 0.391 e. The summed E-state index contributed by atoms with van der Waals surface area (Å²) in [5.41, 5.74) is -0.102. The molecule has 19 heavy (non-hydrogen) atoms. The van der Waals surface area contributed by atoms with Gasteiger partial charge in [-0.3, -0.25) is 14.9 Å². The van der Waals surface area contributed by atoms with Gasteiger partial charge in [0.15, 0.2) is 0 Å². The first-order chi connectivity index (χ1) is 9.02. The highest BCUT2D eigenvalue weighted by atomic mass is 32.2. The maximum absolute atomic E-state index is 12.3. The monoisotopic (exact) mass is 282 g/mol. The number of thioether (sulfide) groups is 1. The van der Waals surface area contributed by atoms with E-state index in [1.54, 1.807) is 6.07 Å². The number of aliphatic hydroxyl groups is 1. The third-order valence-electron chi connectivity index (χ3n) is 3.08. The van der Waals surface area contributed by atoms with Crippen molar-refractivity contribution in [1.29, 1.82) is 0 Å². The molecule has 0 spiro atoms. The third kappa shape index (κ3) is 2.87. The zero-order valence-electron chi connectivity index (χ0n) is 10.4. The lowest BCUT2D eigenvalue weighted by Crippen LogP contribution is -2.30. The Kier molecular flexibility index (Phi) is 4.06. The first-order valence-electron chi connectivity index (χ1n) is 5.82. The fraction of sp³-hybridized carbons (Fsp3) is 0.417. The van der Waals surface area contributed by atoms with E-state index in [0.29, 0.717) is 13.0 Å². The number of nitrogens with zero attached hydrogens (tertiary/aromatic N) is 2. The minimum Gasteiger partial charge on any atom is -0.391 e. The minimum absolute atomic E-state index is 0.0888. The van der Waals surface area contributed by atoms with Crippen LogP contribution in [0.1, 0.15) is 16.8 Å². The highest BCUT2D eigenvalue weighted by molar-refractivity contribution is 7.98. The van der Waals surface area contributed by atoms with Gasteiger partial charge in [0.25, 0.3) is 11.6 Å². The Balaban J connectivity index is 2.36. The van der Waals surface area contributed by atoms with Crippen LogP contribution >= 0.6 is 11.8 Å². The van der Waals surface area contributed by atoms with E-state index in [-0.39, 0.29) is 23.7 Å². The molecule has 7 heteroatoms. The fourth-order valence-electron chi connectivity index (χ4n) is 2.07. The van der Waals surface area contributed by atoms with Gasteiger partial charge < -0.3 is 10.0 Å². The molecule has 2 rings (SSSR count). The molecule has 1 aliphatic rings. The zero-order chi connectivity index (χ0) is 14.0. The molecule has 1 atom stereocenters. The molecule has 0 bridgehead atoms. The fourth-order valence-corrected chi connectivity index (χ4v) is 2.51. The van der Waals surface area contributed by atoms with Gasteiger partial charge in [0.2, 0.25) is 0 Å². The predicted octanol–water partition coefficient (Wildman–Crippen LogP) is 1.52. The molecule has 1 fully saturated rings. The second kappa shape index (κ2) is 5.58. The maximum atomic E-state index is 12.3. The van der Waals surface area contributed by atoms with E-state index in [2.05, 4.69) is 0 Å². The molecular weight excluding hydrogens is 268 g/mol. The van der Waals surface area contributed by atoms with Crippen molar-refractivity contribution in [3.05, 3.63) is 33.9 Å². The summed E-state index contributed by atoms with van der Waals surface area (Å²) in [5, 5.41) is 20.4. The molecule has 1 saturated heterocycles. The summed E-state index contributed by atoms with van der Waals surface area (Å²) in [6.07, 6.45) is 1.82. The summed E-state index contributed by atoms with van der Waals surface area (Å²) >= 11 is 1.42. The van der Waals surface area contributed by atoms with E-state index in [4.69, 9.17) is 0 Å². The van der Waals surface area contributed by atoms with Crippen LogP contribution in [-0.4, -0.2) is 46.3 Å². The zero-order valence-corrected chi connectivity index (χ0v) is 11.2. The van der Waals surface area contributed by atoms with Crippen molar-refractivity contribution >= 4 is 23.4 Å². The van der Waals surface area contributed by atoms with Gasteiger partial charge in [0, 0.05) is 24.1 Å². The second-order valence-corrected chi connectivity index (χ2v) is 5.21. The van der Waals surface area contributed by atoms with E-state index in [1.165, 1.54) is 28.8 Å². The lowest BCUT2D eigenvalue weighted by Gasteiger charge is -2.15. The van der Waals surface area contributed by atoms with Crippen molar-refractivity contribution in [2.75, 3.05) is 19.3 Å². The SMILES string of the molecule is CSc1ccc([N+](=O)[O-])c(C(=O)N2CCC(O)C2)c1. The highest BCUT2D eigenvalue weighted by Crippen LogP contribution is 2.27. The molecule has 1 aromatic rings. The third-order valence-corrected chi connectivity index (χ3v) is 3.81. The van der Waals surface area contributed by atoms with Gasteiger partial charge in [0.05, 0.1) is 11.0 Å². The van der Waals surface area contributed by atoms with Crippen LogP contribution in [0.25, 0.3) is 0 Å². The van der Waals surface area contributed by atoms with Crippen LogP contribution in [0.4, 0.5) is 5.69 Å². The number of likely N-dealkylation sites (tertiary alicyclic amines) is 1. The molecule has 1 aliphatic heterocycles. The summed E-state index contributed by atoms with van der Waals surface area (Å²) < 4.78 is 0. The van der Waals surface area contributed by atoms with Crippen molar-refractivity contribution in [3.63, 3.8) is 0 Å². The van der Waals surface area contributed by atoms with Crippen LogP contribution in [0.15, 0.2) is 23.1 Å². The molecule has 0 radical (unpaired) electrons. The number of nitro benzene ring substituents is 1. The summed E-state index contributed by atoms with van der Waals surface area (Å²) in [5.74, 6) is -0.390. The van der Waals surface area contributed by atoms with Crippen LogP contribution in [-0.2, 0) is 0 Å². The van der Waals surface area contributed by atoms with E-state index in [9.17, 15) is 20.0 Å². The number of carbonyl (C=O) groups excluding carboxylic acids is 1. The number of amides is 1. The lowest BCUT2D eigenvalue weighted by atomic mass is 10.1. The molecule has 102 valence electrons. The summed E-state index contributed by atoms with van der Waals surface area (Å²) in [6, 6.07) is 4.51. The van der Waals surface area contributed by atoms with E-state index < -0.39 is 11.0 Å². The smallest absolute Gasteiger partial charge is 0.282 e.